The molecule has 7 heteroatoms. The molecule has 0 aromatic heterocycles. The van der Waals surface area contributed by atoms with Gasteiger partial charge in [-0.2, -0.15) is 8.78 Å². The molecule has 0 fully saturated rings. The van der Waals surface area contributed by atoms with Gasteiger partial charge in [-0.15, -0.1) is 0 Å². The standard InChI is InChI=1S/C18H19F2NO4/c1-2-24-16-9-13(6-7-15(16)25-18(19)20)11-21-10-12-4-3-5-14(8-12)17(22)23/h3-9,18,21H,2,10-11H2,1H3,(H,22,23). The minimum Gasteiger partial charge on any atom is -0.490 e. The van der Waals surface area contributed by atoms with Gasteiger partial charge in [0, 0.05) is 13.1 Å². The SMILES string of the molecule is CCOc1cc(CNCc2cccc(C(=O)O)c2)ccc1OC(F)F. The lowest BCUT2D eigenvalue weighted by atomic mass is 10.1. The molecular weight excluding hydrogens is 332 g/mol. The molecule has 0 spiro atoms. The first kappa shape index (κ1) is 18.7. The quantitative estimate of drug-likeness (QED) is 0.721. The van der Waals surface area contributed by atoms with Crippen LogP contribution in [0.3, 0.4) is 0 Å². The number of benzene rings is 2. The van der Waals surface area contributed by atoms with E-state index in [1.54, 1.807) is 31.2 Å². The summed E-state index contributed by atoms with van der Waals surface area (Å²) in [4.78, 5) is 11.0. The molecule has 0 amide bonds. The minimum absolute atomic E-state index is 0.00485. The minimum atomic E-state index is -2.91. The van der Waals surface area contributed by atoms with Crippen molar-refractivity contribution in [1.29, 1.82) is 0 Å². The Morgan fingerprint density at radius 1 is 1.12 bits per heavy atom. The molecule has 0 aliphatic rings. The fourth-order valence-corrected chi connectivity index (χ4v) is 2.29. The predicted octanol–water partition coefficient (Wildman–Crippen LogP) is 3.67. The summed E-state index contributed by atoms with van der Waals surface area (Å²) in [5, 5.41) is 12.2. The van der Waals surface area contributed by atoms with Crippen molar-refractivity contribution in [3.63, 3.8) is 0 Å². The zero-order chi connectivity index (χ0) is 18.2. The number of alkyl halides is 2. The first-order valence-electron chi connectivity index (χ1n) is 7.73. The molecule has 5 nitrogen and oxygen atoms in total. The molecule has 0 unspecified atom stereocenters. The number of carboxylic acid groups (broad SMARTS) is 1. The zero-order valence-electron chi connectivity index (χ0n) is 13.7. The maximum atomic E-state index is 12.4. The molecule has 0 heterocycles. The summed E-state index contributed by atoms with van der Waals surface area (Å²) in [5.41, 5.74) is 1.90. The Hall–Kier alpha value is -2.67. The largest absolute Gasteiger partial charge is 0.490 e. The first-order chi connectivity index (χ1) is 12.0. The molecule has 134 valence electrons. The van der Waals surface area contributed by atoms with Crippen LogP contribution in [0.1, 0.15) is 28.4 Å². The molecule has 2 aromatic carbocycles. The molecule has 0 saturated carbocycles. The third-order valence-corrected chi connectivity index (χ3v) is 3.36. The normalized spacial score (nSPS) is 10.7. The molecule has 0 radical (unpaired) electrons. The molecule has 2 rings (SSSR count). The average molecular weight is 351 g/mol. The number of rotatable bonds is 9. The van der Waals surface area contributed by atoms with Gasteiger partial charge in [0.2, 0.25) is 0 Å². The third kappa shape index (κ3) is 5.72. The third-order valence-electron chi connectivity index (χ3n) is 3.36. The van der Waals surface area contributed by atoms with Crippen molar-refractivity contribution in [3.8, 4) is 11.5 Å². The maximum Gasteiger partial charge on any atom is 0.387 e. The van der Waals surface area contributed by atoms with Gasteiger partial charge < -0.3 is 19.9 Å². The van der Waals surface area contributed by atoms with E-state index in [4.69, 9.17) is 9.84 Å². The van der Waals surface area contributed by atoms with Crippen LogP contribution in [0.2, 0.25) is 0 Å². The van der Waals surface area contributed by atoms with Gasteiger partial charge in [-0.1, -0.05) is 18.2 Å². The van der Waals surface area contributed by atoms with Crippen molar-refractivity contribution < 1.29 is 28.2 Å². The zero-order valence-corrected chi connectivity index (χ0v) is 13.7. The maximum absolute atomic E-state index is 12.4. The predicted molar refractivity (Wildman–Crippen MR) is 88.2 cm³/mol. The van der Waals surface area contributed by atoms with Crippen molar-refractivity contribution in [2.24, 2.45) is 0 Å². The molecule has 0 saturated heterocycles. The van der Waals surface area contributed by atoms with E-state index in [1.807, 2.05) is 6.07 Å². The lowest BCUT2D eigenvalue weighted by molar-refractivity contribution is -0.0514. The molecule has 0 aliphatic carbocycles. The highest BCUT2D eigenvalue weighted by atomic mass is 19.3. The van der Waals surface area contributed by atoms with E-state index in [1.165, 1.54) is 12.1 Å². The average Bonchev–Trinajstić information content (AvgIpc) is 2.57. The number of halogens is 2. The van der Waals surface area contributed by atoms with Crippen LogP contribution in [-0.2, 0) is 13.1 Å². The lowest BCUT2D eigenvalue weighted by Crippen LogP contribution is -2.13. The molecule has 2 aromatic rings. The first-order valence-corrected chi connectivity index (χ1v) is 7.73. The Kier molecular flexibility index (Phi) is 6.71. The van der Waals surface area contributed by atoms with Gasteiger partial charge in [-0.25, -0.2) is 4.79 Å². The van der Waals surface area contributed by atoms with Crippen LogP contribution in [-0.4, -0.2) is 24.3 Å². The van der Waals surface area contributed by atoms with Crippen LogP contribution in [0.25, 0.3) is 0 Å². The van der Waals surface area contributed by atoms with Crippen molar-refractivity contribution >= 4 is 5.97 Å². The fraction of sp³-hybridized carbons (Fsp3) is 0.278. The summed E-state index contributed by atoms with van der Waals surface area (Å²) in [7, 11) is 0. The lowest BCUT2D eigenvalue weighted by Gasteiger charge is -2.13. The highest BCUT2D eigenvalue weighted by Gasteiger charge is 2.11. The van der Waals surface area contributed by atoms with Crippen LogP contribution in [0.4, 0.5) is 8.78 Å². The summed E-state index contributed by atoms with van der Waals surface area (Å²) in [6, 6.07) is 11.4. The van der Waals surface area contributed by atoms with E-state index in [9.17, 15) is 13.6 Å². The second kappa shape index (κ2) is 8.98. The van der Waals surface area contributed by atoms with Gasteiger partial charge in [-0.05, 0) is 42.3 Å². The smallest absolute Gasteiger partial charge is 0.387 e. The van der Waals surface area contributed by atoms with E-state index in [0.717, 1.165) is 11.1 Å². The summed E-state index contributed by atoms with van der Waals surface area (Å²) >= 11 is 0. The van der Waals surface area contributed by atoms with Crippen LogP contribution in [0, 0.1) is 0 Å². The van der Waals surface area contributed by atoms with Crippen LogP contribution < -0.4 is 14.8 Å². The van der Waals surface area contributed by atoms with E-state index in [2.05, 4.69) is 10.1 Å². The number of hydrogen-bond donors (Lipinski definition) is 2. The topological polar surface area (TPSA) is 67.8 Å². The number of aromatic carboxylic acids is 1. The van der Waals surface area contributed by atoms with E-state index >= 15 is 0 Å². The summed E-state index contributed by atoms with van der Waals surface area (Å²) < 4.78 is 34.5. The molecule has 2 N–H and O–H groups in total. The Balaban J connectivity index is 1.99. The Morgan fingerprint density at radius 2 is 1.84 bits per heavy atom. The van der Waals surface area contributed by atoms with Gasteiger partial charge in [0.05, 0.1) is 12.2 Å². The van der Waals surface area contributed by atoms with Gasteiger partial charge in [0.15, 0.2) is 11.5 Å². The molecule has 0 aliphatic heterocycles. The number of hydrogen-bond acceptors (Lipinski definition) is 4. The monoisotopic (exact) mass is 351 g/mol. The number of ether oxygens (including phenoxy) is 2. The highest BCUT2D eigenvalue weighted by Crippen LogP contribution is 2.29. The Morgan fingerprint density at radius 3 is 2.48 bits per heavy atom. The number of nitrogens with one attached hydrogen (secondary N) is 1. The highest BCUT2D eigenvalue weighted by molar-refractivity contribution is 5.87. The van der Waals surface area contributed by atoms with Gasteiger partial charge in [0.25, 0.3) is 0 Å². The summed E-state index contributed by atoms with van der Waals surface area (Å²) in [6.07, 6.45) is 0. The van der Waals surface area contributed by atoms with Crippen molar-refractivity contribution in [3.05, 3.63) is 59.2 Å². The van der Waals surface area contributed by atoms with Gasteiger partial charge >= 0.3 is 12.6 Å². The second-order valence-electron chi connectivity index (χ2n) is 5.20. The van der Waals surface area contributed by atoms with Crippen molar-refractivity contribution in [1.82, 2.24) is 5.32 Å². The summed E-state index contributed by atoms with van der Waals surface area (Å²) in [6.45, 7) is 0.113. The van der Waals surface area contributed by atoms with Gasteiger partial charge in [-0.3, -0.25) is 0 Å². The number of carbonyl (C=O) groups is 1. The Bertz CT molecular complexity index is 722. The second-order valence-corrected chi connectivity index (χ2v) is 5.20. The summed E-state index contributed by atoms with van der Waals surface area (Å²) in [5.74, 6) is -0.720. The molecule has 0 atom stereocenters. The van der Waals surface area contributed by atoms with Crippen molar-refractivity contribution in [2.45, 2.75) is 26.6 Å². The van der Waals surface area contributed by atoms with Gasteiger partial charge in [0.1, 0.15) is 0 Å². The van der Waals surface area contributed by atoms with E-state index < -0.39 is 12.6 Å². The number of carboxylic acids is 1. The van der Waals surface area contributed by atoms with E-state index in [-0.39, 0.29) is 17.1 Å². The Labute approximate surface area is 144 Å². The van der Waals surface area contributed by atoms with Crippen LogP contribution in [0.15, 0.2) is 42.5 Å². The fourth-order valence-electron chi connectivity index (χ4n) is 2.29. The van der Waals surface area contributed by atoms with E-state index in [0.29, 0.717) is 19.7 Å². The van der Waals surface area contributed by atoms with Crippen LogP contribution >= 0.6 is 0 Å². The molecule has 0 bridgehead atoms. The molecular formula is C18H19F2NO4. The molecule has 25 heavy (non-hydrogen) atoms. The van der Waals surface area contributed by atoms with Crippen molar-refractivity contribution in [2.75, 3.05) is 6.61 Å². The van der Waals surface area contributed by atoms with Crippen LogP contribution in [0.5, 0.6) is 11.5 Å².